The number of fused-ring (bicyclic) bond motifs is 1. The fourth-order valence-corrected chi connectivity index (χ4v) is 2.12. The summed E-state index contributed by atoms with van der Waals surface area (Å²) in [6, 6.07) is 3.88. The Labute approximate surface area is 97.2 Å². The molecule has 0 saturated carbocycles. The smallest absolute Gasteiger partial charge is 0.112 e. The summed E-state index contributed by atoms with van der Waals surface area (Å²) in [6.07, 6.45) is 0.950. The molecule has 0 unspecified atom stereocenters. The van der Waals surface area contributed by atoms with Crippen LogP contribution in [0.4, 0.5) is 5.69 Å². The molecule has 3 N–H and O–H groups in total. The number of rotatable bonds is 2. The number of nitrogens with one attached hydrogen (secondary N) is 1. The van der Waals surface area contributed by atoms with Gasteiger partial charge in [0.2, 0.25) is 0 Å². The minimum Gasteiger partial charge on any atom is -0.397 e. The minimum atomic E-state index is 0.593. The van der Waals surface area contributed by atoms with Crippen molar-refractivity contribution in [1.29, 1.82) is 0 Å². The number of nitrogen functional groups attached to an aromatic ring is 1. The third-order valence-corrected chi connectivity index (χ3v) is 2.69. The molecule has 2 aromatic rings. The molecule has 0 bridgehead atoms. The van der Waals surface area contributed by atoms with Crippen LogP contribution in [0.15, 0.2) is 16.6 Å². The Morgan fingerprint density at radius 1 is 1.47 bits per heavy atom. The molecular weight excluding hydrogens is 254 g/mol. The van der Waals surface area contributed by atoms with Crippen LogP contribution in [0.3, 0.4) is 0 Å². The molecule has 0 radical (unpaired) electrons. The number of anilines is 1. The molecule has 0 aliphatic rings. The largest absolute Gasteiger partial charge is 0.397 e. The fraction of sp³-hybridized carbons (Fsp3) is 0.364. The van der Waals surface area contributed by atoms with Crippen LogP contribution in [0.5, 0.6) is 0 Å². The standard InChI is InChI=1S/C11H14BrN3/c1-6(2)3-10-14-9-5-7(12)4-8(13)11(9)15-10/h4-6H,3,13H2,1-2H3,(H,14,15). The third-order valence-electron chi connectivity index (χ3n) is 2.23. The van der Waals surface area contributed by atoms with Crippen LogP contribution in [0.2, 0.25) is 0 Å². The molecule has 0 spiro atoms. The van der Waals surface area contributed by atoms with Gasteiger partial charge in [0.25, 0.3) is 0 Å². The molecule has 15 heavy (non-hydrogen) atoms. The quantitative estimate of drug-likeness (QED) is 0.822. The van der Waals surface area contributed by atoms with Gasteiger partial charge >= 0.3 is 0 Å². The van der Waals surface area contributed by atoms with Gasteiger partial charge in [0.15, 0.2) is 0 Å². The summed E-state index contributed by atoms with van der Waals surface area (Å²) in [7, 11) is 0. The first-order valence-electron chi connectivity index (χ1n) is 5.00. The van der Waals surface area contributed by atoms with Crippen molar-refractivity contribution < 1.29 is 0 Å². The number of nitrogens with zero attached hydrogens (tertiary/aromatic N) is 1. The summed E-state index contributed by atoms with van der Waals surface area (Å²) >= 11 is 3.42. The number of imidazole rings is 1. The molecule has 80 valence electrons. The molecule has 4 heteroatoms. The van der Waals surface area contributed by atoms with Crippen molar-refractivity contribution in [2.24, 2.45) is 5.92 Å². The molecule has 1 aromatic carbocycles. The van der Waals surface area contributed by atoms with Crippen LogP contribution in [0.25, 0.3) is 11.0 Å². The highest BCUT2D eigenvalue weighted by Gasteiger charge is 2.07. The van der Waals surface area contributed by atoms with Gasteiger partial charge in [-0.2, -0.15) is 0 Å². The van der Waals surface area contributed by atoms with E-state index in [9.17, 15) is 0 Å². The topological polar surface area (TPSA) is 54.7 Å². The first-order chi connectivity index (χ1) is 7.06. The average Bonchev–Trinajstić information content (AvgIpc) is 2.45. The lowest BCUT2D eigenvalue weighted by Gasteiger charge is -1.98. The molecule has 0 amide bonds. The van der Waals surface area contributed by atoms with Gasteiger partial charge in [-0.05, 0) is 18.1 Å². The maximum atomic E-state index is 5.89. The number of nitrogens with two attached hydrogens (primary N) is 1. The highest BCUT2D eigenvalue weighted by atomic mass is 79.9. The summed E-state index contributed by atoms with van der Waals surface area (Å²) in [5, 5.41) is 0. The Kier molecular flexibility index (Phi) is 2.69. The van der Waals surface area contributed by atoms with Gasteiger partial charge in [-0.25, -0.2) is 4.98 Å². The summed E-state index contributed by atoms with van der Waals surface area (Å²) in [5.41, 5.74) is 8.47. The average molecular weight is 268 g/mol. The summed E-state index contributed by atoms with van der Waals surface area (Å²) < 4.78 is 0.979. The van der Waals surface area contributed by atoms with Crippen LogP contribution in [0.1, 0.15) is 19.7 Å². The summed E-state index contributed by atoms with van der Waals surface area (Å²) in [4.78, 5) is 7.78. The number of halogens is 1. The van der Waals surface area contributed by atoms with E-state index in [1.807, 2.05) is 12.1 Å². The van der Waals surface area contributed by atoms with E-state index in [4.69, 9.17) is 5.73 Å². The normalized spacial score (nSPS) is 11.5. The molecule has 1 aromatic heterocycles. The Morgan fingerprint density at radius 2 is 2.20 bits per heavy atom. The predicted molar refractivity (Wildman–Crippen MR) is 66.7 cm³/mol. The lowest BCUT2D eigenvalue weighted by molar-refractivity contribution is 0.627. The second-order valence-electron chi connectivity index (χ2n) is 4.17. The maximum absolute atomic E-state index is 5.89. The molecule has 1 heterocycles. The number of hydrogen-bond donors (Lipinski definition) is 2. The zero-order chi connectivity index (χ0) is 11.0. The van der Waals surface area contributed by atoms with Gasteiger partial charge in [0.1, 0.15) is 11.3 Å². The Bertz CT molecular complexity index is 488. The SMILES string of the molecule is CC(C)Cc1nc2c(N)cc(Br)cc2[nH]1. The van der Waals surface area contributed by atoms with Crippen molar-refractivity contribution in [1.82, 2.24) is 9.97 Å². The lowest BCUT2D eigenvalue weighted by Crippen LogP contribution is -1.95. The van der Waals surface area contributed by atoms with Crippen molar-refractivity contribution >= 4 is 32.7 Å². The van der Waals surface area contributed by atoms with Crippen molar-refractivity contribution in [3.05, 3.63) is 22.4 Å². The molecule has 0 aliphatic heterocycles. The van der Waals surface area contributed by atoms with Gasteiger partial charge in [-0.15, -0.1) is 0 Å². The first-order valence-corrected chi connectivity index (χ1v) is 5.79. The van der Waals surface area contributed by atoms with Crippen LogP contribution in [-0.2, 0) is 6.42 Å². The van der Waals surface area contributed by atoms with Gasteiger partial charge < -0.3 is 10.7 Å². The zero-order valence-electron chi connectivity index (χ0n) is 8.84. The Hall–Kier alpha value is -1.03. The summed E-state index contributed by atoms with van der Waals surface area (Å²) in [6.45, 7) is 4.35. The van der Waals surface area contributed by atoms with Gasteiger partial charge in [0, 0.05) is 10.9 Å². The predicted octanol–water partition coefficient (Wildman–Crippen LogP) is 3.11. The third kappa shape index (κ3) is 2.15. The second-order valence-corrected chi connectivity index (χ2v) is 5.09. The van der Waals surface area contributed by atoms with Gasteiger partial charge in [-0.3, -0.25) is 0 Å². The van der Waals surface area contributed by atoms with E-state index in [2.05, 4.69) is 39.7 Å². The van der Waals surface area contributed by atoms with E-state index in [1.54, 1.807) is 0 Å². The van der Waals surface area contributed by atoms with Gasteiger partial charge in [-0.1, -0.05) is 29.8 Å². The van der Waals surface area contributed by atoms with Crippen LogP contribution in [0, 0.1) is 5.92 Å². The molecule has 0 saturated heterocycles. The monoisotopic (exact) mass is 267 g/mol. The van der Waals surface area contributed by atoms with Crippen LogP contribution < -0.4 is 5.73 Å². The number of aromatic amines is 1. The fourth-order valence-electron chi connectivity index (χ4n) is 1.64. The molecular formula is C11H14BrN3. The maximum Gasteiger partial charge on any atom is 0.112 e. The van der Waals surface area contributed by atoms with Gasteiger partial charge in [0.05, 0.1) is 11.2 Å². The van der Waals surface area contributed by atoms with Crippen LogP contribution in [-0.4, -0.2) is 9.97 Å². The van der Waals surface area contributed by atoms with E-state index in [1.165, 1.54) is 0 Å². The van der Waals surface area contributed by atoms with E-state index >= 15 is 0 Å². The molecule has 0 atom stereocenters. The van der Waals surface area contributed by atoms with Crippen molar-refractivity contribution in [3.8, 4) is 0 Å². The number of hydrogen-bond acceptors (Lipinski definition) is 2. The van der Waals surface area contributed by atoms with E-state index < -0.39 is 0 Å². The van der Waals surface area contributed by atoms with Crippen molar-refractivity contribution in [2.75, 3.05) is 5.73 Å². The first kappa shape index (κ1) is 10.5. The van der Waals surface area contributed by atoms with Crippen LogP contribution >= 0.6 is 15.9 Å². The summed E-state index contributed by atoms with van der Waals surface area (Å²) in [5.74, 6) is 1.60. The number of aromatic nitrogens is 2. The van der Waals surface area contributed by atoms with Crippen molar-refractivity contribution in [2.45, 2.75) is 20.3 Å². The Balaban J connectivity index is 2.50. The number of H-pyrrole nitrogens is 1. The van der Waals surface area contributed by atoms with Crippen molar-refractivity contribution in [3.63, 3.8) is 0 Å². The Morgan fingerprint density at radius 3 is 2.87 bits per heavy atom. The lowest BCUT2D eigenvalue weighted by atomic mass is 10.1. The molecule has 2 rings (SSSR count). The molecule has 0 fully saturated rings. The number of benzene rings is 1. The van der Waals surface area contributed by atoms with E-state index in [-0.39, 0.29) is 0 Å². The molecule has 3 nitrogen and oxygen atoms in total. The second kappa shape index (κ2) is 3.85. The highest BCUT2D eigenvalue weighted by Crippen LogP contribution is 2.24. The van der Waals surface area contributed by atoms with E-state index in [0.717, 1.165) is 27.8 Å². The highest BCUT2D eigenvalue weighted by molar-refractivity contribution is 9.10. The molecule has 0 aliphatic carbocycles. The minimum absolute atomic E-state index is 0.593. The zero-order valence-corrected chi connectivity index (χ0v) is 10.4. The van der Waals surface area contributed by atoms with E-state index in [0.29, 0.717) is 11.6 Å².